The molecule has 0 atom stereocenters. The summed E-state index contributed by atoms with van der Waals surface area (Å²) in [5.41, 5.74) is 6.81. The molecule has 2 aliphatic heterocycles. The summed E-state index contributed by atoms with van der Waals surface area (Å²) < 4.78 is 7.34. The van der Waals surface area contributed by atoms with Gasteiger partial charge in [-0.05, 0) is 73.4 Å². The molecule has 44 heavy (non-hydrogen) atoms. The molecule has 5 aromatic rings. The van der Waals surface area contributed by atoms with E-state index in [0.29, 0.717) is 0 Å². The van der Waals surface area contributed by atoms with E-state index in [-0.39, 0.29) is 12.1 Å². The number of urea groups is 1. The van der Waals surface area contributed by atoms with Gasteiger partial charge in [0.25, 0.3) is 0 Å². The van der Waals surface area contributed by atoms with E-state index in [4.69, 9.17) is 4.74 Å². The summed E-state index contributed by atoms with van der Waals surface area (Å²) in [5, 5.41) is 18.8. The highest BCUT2D eigenvalue weighted by Gasteiger charge is 2.25. The minimum Gasteiger partial charge on any atom is -0.497 e. The normalized spacial score (nSPS) is 14.4. The number of nitrogens with one attached hydrogen (secondary N) is 3. The smallest absolute Gasteiger partial charge is 0.319 e. The molecule has 3 aromatic carbocycles. The average Bonchev–Trinajstić information content (AvgIpc) is 3.43. The van der Waals surface area contributed by atoms with Gasteiger partial charge in [0, 0.05) is 48.7 Å². The highest BCUT2D eigenvalue weighted by Crippen LogP contribution is 2.39. The Balaban J connectivity index is 0.994. The molecule has 3 N–H and O–H groups in total. The Labute approximate surface area is 256 Å². The fraction of sp³-hybridized carbons (Fsp3) is 0.235. The van der Waals surface area contributed by atoms with Gasteiger partial charge in [0.05, 0.1) is 18.5 Å². The van der Waals surface area contributed by atoms with E-state index in [9.17, 15) is 4.79 Å². The first kappa shape index (κ1) is 27.6. The second-order valence-electron chi connectivity index (χ2n) is 11.3. The molecule has 1 saturated heterocycles. The summed E-state index contributed by atoms with van der Waals surface area (Å²) in [6, 6.07) is 26.2. The summed E-state index contributed by atoms with van der Waals surface area (Å²) in [7, 11) is 1.64. The van der Waals surface area contributed by atoms with Crippen molar-refractivity contribution in [2.45, 2.75) is 32.4 Å². The molecule has 7 rings (SSSR count). The molecule has 1 fully saturated rings. The summed E-state index contributed by atoms with van der Waals surface area (Å²) >= 11 is 0. The highest BCUT2D eigenvalue weighted by atomic mass is 16.5. The van der Waals surface area contributed by atoms with Crippen LogP contribution in [-0.4, -0.2) is 56.9 Å². The average molecular weight is 587 g/mol. The van der Waals surface area contributed by atoms with Crippen molar-refractivity contribution >= 4 is 23.2 Å². The first-order chi connectivity index (χ1) is 21.6. The molecule has 0 radical (unpaired) electrons. The number of piperidine rings is 1. The third kappa shape index (κ3) is 5.47. The zero-order valence-corrected chi connectivity index (χ0v) is 24.7. The lowest BCUT2D eigenvalue weighted by molar-refractivity contribution is 0.190. The summed E-state index contributed by atoms with van der Waals surface area (Å²) in [5.74, 6) is 3.09. The van der Waals surface area contributed by atoms with Crippen LogP contribution in [0.1, 0.15) is 24.0 Å². The number of pyridine rings is 1. The Morgan fingerprint density at radius 1 is 0.977 bits per heavy atom. The molecule has 10 nitrogen and oxygen atoms in total. The van der Waals surface area contributed by atoms with E-state index in [1.165, 1.54) is 5.56 Å². The van der Waals surface area contributed by atoms with Crippen molar-refractivity contribution in [3.05, 3.63) is 96.2 Å². The zero-order valence-electron chi connectivity index (χ0n) is 24.7. The lowest BCUT2D eigenvalue weighted by Crippen LogP contribution is -2.45. The van der Waals surface area contributed by atoms with Gasteiger partial charge >= 0.3 is 6.03 Å². The van der Waals surface area contributed by atoms with Crippen LogP contribution in [0.25, 0.3) is 28.5 Å². The van der Waals surface area contributed by atoms with E-state index in [1.54, 1.807) is 13.3 Å². The fourth-order valence-electron chi connectivity index (χ4n) is 5.96. The van der Waals surface area contributed by atoms with Gasteiger partial charge in [0.15, 0.2) is 17.5 Å². The second kappa shape index (κ2) is 11.8. The standard InChI is InChI=1S/C34H34N8O2/c1-22-20-26(44-2)13-14-28(22)38-34(43)36-25-15-18-41(19-16-25)21-23-9-11-24(12-10-23)32-39-40-33-27-6-3-4-7-29(27)37-31-30(42(32)33)8-5-17-35-31/h3-14,17,20,25H,15-16,18-19,21H2,1-2H3,(H,35,37)(H2,36,38,43). The van der Waals surface area contributed by atoms with Gasteiger partial charge in [-0.1, -0.05) is 36.4 Å². The van der Waals surface area contributed by atoms with E-state index < -0.39 is 0 Å². The zero-order chi connectivity index (χ0) is 30.0. The molecule has 10 heteroatoms. The summed E-state index contributed by atoms with van der Waals surface area (Å²) in [4.78, 5) is 19.7. The number of methoxy groups -OCH3 is 1. The third-order valence-corrected chi connectivity index (χ3v) is 8.33. The number of para-hydroxylation sites is 1. The Morgan fingerprint density at radius 2 is 1.77 bits per heavy atom. The topological polar surface area (TPSA) is 109 Å². The molecule has 0 bridgehead atoms. The number of carbonyl (C=O) groups is 1. The maximum Gasteiger partial charge on any atom is 0.319 e. The molecule has 0 aliphatic carbocycles. The monoisotopic (exact) mass is 586 g/mol. The number of hydrogen-bond acceptors (Lipinski definition) is 7. The van der Waals surface area contributed by atoms with Crippen molar-refractivity contribution in [3.63, 3.8) is 0 Å². The maximum atomic E-state index is 12.6. The van der Waals surface area contributed by atoms with Crippen LogP contribution in [0.4, 0.5) is 22.0 Å². The van der Waals surface area contributed by atoms with Crippen molar-refractivity contribution in [1.82, 2.24) is 30.0 Å². The van der Waals surface area contributed by atoms with E-state index >= 15 is 0 Å². The van der Waals surface area contributed by atoms with Crippen LogP contribution in [0.3, 0.4) is 0 Å². The summed E-state index contributed by atoms with van der Waals surface area (Å²) in [6.45, 7) is 4.65. The van der Waals surface area contributed by atoms with Gasteiger partial charge in [-0.15, -0.1) is 10.2 Å². The van der Waals surface area contributed by atoms with Crippen molar-refractivity contribution in [1.29, 1.82) is 0 Å². The molecule has 0 saturated carbocycles. The van der Waals surface area contributed by atoms with Gasteiger partial charge in [-0.25, -0.2) is 9.78 Å². The van der Waals surface area contributed by atoms with Crippen LogP contribution in [0.15, 0.2) is 85.1 Å². The molecule has 0 spiro atoms. The maximum absolute atomic E-state index is 12.6. The van der Waals surface area contributed by atoms with Crippen molar-refractivity contribution < 1.29 is 9.53 Å². The van der Waals surface area contributed by atoms with E-state index in [1.807, 2.05) is 55.5 Å². The van der Waals surface area contributed by atoms with Crippen LogP contribution in [0.5, 0.6) is 5.75 Å². The first-order valence-corrected chi connectivity index (χ1v) is 14.9. The first-order valence-electron chi connectivity index (χ1n) is 14.9. The number of nitrogens with zero attached hydrogens (tertiary/aromatic N) is 5. The molecule has 2 amide bonds. The number of hydrogen-bond donors (Lipinski definition) is 3. The minimum atomic E-state index is -0.170. The molecule has 0 unspecified atom stereocenters. The number of aromatic nitrogens is 4. The highest BCUT2D eigenvalue weighted by molar-refractivity contribution is 5.90. The molecule has 4 heterocycles. The van der Waals surface area contributed by atoms with Crippen LogP contribution in [0.2, 0.25) is 0 Å². The SMILES string of the molecule is COc1ccc(NC(=O)NC2CCN(Cc3ccc(-c4nnc5n4-c4cccnc4Nc4ccccc4-5)cc3)CC2)c(C)c1. The lowest BCUT2D eigenvalue weighted by Gasteiger charge is -2.32. The second-order valence-corrected chi connectivity index (χ2v) is 11.3. The largest absolute Gasteiger partial charge is 0.497 e. The fourth-order valence-corrected chi connectivity index (χ4v) is 5.96. The number of anilines is 3. The van der Waals surface area contributed by atoms with Gasteiger partial charge in [-0.2, -0.15) is 0 Å². The number of likely N-dealkylation sites (tertiary alicyclic amines) is 1. The summed E-state index contributed by atoms with van der Waals surface area (Å²) in [6.07, 6.45) is 3.60. The number of benzene rings is 3. The van der Waals surface area contributed by atoms with Crippen molar-refractivity contribution in [2.24, 2.45) is 0 Å². The van der Waals surface area contributed by atoms with Gasteiger partial charge < -0.3 is 20.7 Å². The van der Waals surface area contributed by atoms with Crippen molar-refractivity contribution in [2.75, 3.05) is 30.8 Å². The number of amides is 2. The Hall–Kier alpha value is -5.22. The van der Waals surface area contributed by atoms with Gasteiger partial charge in [0.2, 0.25) is 0 Å². The number of carbonyl (C=O) groups excluding carboxylic acids is 1. The van der Waals surface area contributed by atoms with Crippen LogP contribution < -0.4 is 20.7 Å². The van der Waals surface area contributed by atoms with E-state index in [2.05, 4.69) is 70.9 Å². The van der Waals surface area contributed by atoms with E-state index in [0.717, 1.165) is 89.4 Å². The third-order valence-electron chi connectivity index (χ3n) is 8.33. The Morgan fingerprint density at radius 3 is 2.57 bits per heavy atom. The predicted molar refractivity (Wildman–Crippen MR) is 171 cm³/mol. The molecule has 222 valence electrons. The Kier molecular flexibility index (Phi) is 7.41. The van der Waals surface area contributed by atoms with Gasteiger partial charge in [0.1, 0.15) is 5.75 Å². The molecular weight excluding hydrogens is 552 g/mol. The predicted octanol–water partition coefficient (Wildman–Crippen LogP) is 6.16. The number of ether oxygens (including phenoxy) is 1. The Bertz CT molecular complexity index is 1810. The number of aryl methyl sites for hydroxylation is 1. The minimum absolute atomic E-state index is 0.146. The van der Waals surface area contributed by atoms with Crippen molar-refractivity contribution in [3.8, 4) is 34.2 Å². The van der Waals surface area contributed by atoms with Crippen LogP contribution >= 0.6 is 0 Å². The number of fused-ring (bicyclic) bond motifs is 5. The molecule has 2 aliphatic rings. The molecule has 2 aromatic heterocycles. The lowest BCUT2D eigenvalue weighted by atomic mass is 10.0. The quantitative estimate of drug-likeness (QED) is 0.215. The van der Waals surface area contributed by atoms with Crippen LogP contribution in [-0.2, 0) is 6.54 Å². The molecular formula is C34H34N8O2. The van der Waals surface area contributed by atoms with Gasteiger partial charge in [-0.3, -0.25) is 9.47 Å². The van der Waals surface area contributed by atoms with Crippen LogP contribution in [0, 0.1) is 6.92 Å². The number of rotatable bonds is 6.